The number of carbonyl (C=O) groups excluding carboxylic acids is 1. The van der Waals surface area contributed by atoms with Gasteiger partial charge in [0, 0.05) is 49.6 Å². The highest BCUT2D eigenvalue weighted by molar-refractivity contribution is 7.71. The van der Waals surface area contributed by atoms with Crippen LogP contribution in [0.3, 0.4) is 0 Å². The molecule has 3 aromatic heterocycles. The molecular formula is C26H27F3N7O2P. The number of nitrogens with one attached hydrogen (secondary N) is 1. The van der Waals surface area contributed by atoms with Crippen molar-refractivity contribution in [1.82, 2.24) is 29.6 Å². The quantitative estimate of drug-likeness (QED) is 0.349. The summed E-state index contributed by atoms with van der Waals surface area (Å²) in [5.41, 5.74) is 0.788. The zero-order valence-electron chi connectivity index (χ0n) is 21.6. The molecule has 0 aliphatic carbocycles. The van der Waals surface area contributed by atoms with Gasteiger partial charge in [-0.25, -0.2) is 23.1 Å². The molecule has 1 atom stereocenters. The van der Waals surface area contributed by atoms with Gasteiger partial charge in [0.2, 0.25) is 0 Å². The van der Waals surface area contributed by atoms with Crippen LogP contribution in [0.2, 0.25) is 0 Å². The van der Waals surface area contributed by atoms with Crippen LogP contribution in [0.5, 0.6) is 0 Å². The summed E-state index contributed by atoms with van der Waals surface area (Å²) < 4.78 is 56.8. The predicted octanol–water partition coefficient (Wildman–Crippen LogP) is 4.46. The molecule has 5 rings (SSSR count). The van der Waals surface area contributed by atoms with Gasteiger partial charge in [-0.2, -0.15) is 5.10 Å². The van der Waals surface area contributed by atoms with Gasteiger partial charge in [0.05, 0.1) is 35.1 Å². The SMILES string of the molecule is Cc1nc(N[C@H](C)c2cccc(C(F)F)c2F)c2cc(P3(=O)CCN(C(=O)c4cnn(C)c4)CC3)ncc2n1. The third-order valence-corrected chi connectivity index (χ3v) is 9.84. The first-order chi connectivity index (χ1) is 18.6. The molecule has 204 valence electrons. The van der Waals surface area contributed by atoms with Crippen molar-refractivity contribution in [2.75, 3.05) is 30.7 Å². The molecule has 1 amide bonds. The van der Waals surface area contributed by atoms with Gasteiger partial charge in [-0.3, -0.25) is 14.5 Å². The van der Waals surface area contributed by atoms with E-state index in [1.54, 1.807) is 42.7 Å². The van der Waals surface area contributed by atoms with Crippen molar-refractivity contribution in [2.45, 2.75) is 26.3 Å². The molecule has 1 aromatic carbocycles. The number of pyridine rings is 1. The van der Waals surface area contributed by atoms with E-state index in [0.29, 0.717) is 46.6 Å². The first kappa shape index (κ1) is 26.8. The van der Waals surface area contributed by atoms with Gasteiger partial charge in [0.25, 0.3) is 12.3 Å². The van der Waals surface area contributed by atoms with Crippen LogP contribution in [0.1, 0.15) is 46.7 Å². The van der Waals surface area contributed by atoms with E-state index < -0.39 is 31.0 Å². The summed E-state index contributed by atoms with van der Waals surface area (Å²) in [5.74, 6) is -0.342. The van der Waals surface area contributed by atoms with Crippen LogP contribution in [0.15, 0.2) is 42.9 Å². The van der Waals surface area contributed by atoms with E-state index in [1.807, 2.05) is 0 Å². The fraction of sp³-hybridized carbons (Fsp3) is 0.346. The highest BCUT2D eigenvalue weighted by atomic mass is 31.2. The van der Waals surface area contributed by atoms with Crippen molar-refractivity contribution in [2.24, 2.45) is 7.05 Å². The molecule has 0 saturated carbocycles. The second kappa shape index (κ2) is 10.4. The first-order valence-electron chi connectivity index (χ1n) is 12.4. The van der Waals surface area contributed by atoms with Crippen LogP contribution >= 0.6 is 7.14 Å². The molecule has 9 nitrogen and oxygen atoms in total. The zero-order valence-corrected chi connectivity index (χ0v) is 22.5. The van der Waals surface area contributed by atoms with Gasteiger partial charge < -0.3 is 14.8 Å². The fourth-order valence-electron chi connectivity index (χ4n) is 4.76. The lowest BCUT2D eigenvalue weighted by Gasteiger charge is -2.31. The summed E-state index contributed by atoms with van der Waals surface area (Å²) >= 11 is 0. The van der Waals surface area contributed by atoms with Crippen molar-refractivity contribution < 1.29 is 22.5 Å². The smallest absolute Gasteiger partial charge is 0.266 e. The molecule has 1 N–H and O–H groups in total. The Bertz CT molecular complexity index is 1600. The van der Waals surface area contributed by atoms with E-state index in [2.05, 4.69) is 25.4 Å². The summed E-state index contributed by atoms with van der Waals surface area (Å²) in [4.78, 5) is 27.8. The normalized spacial score (nSPS) is 16.0. The molecule has 0 bridgehead atoms. The number of alkyl halides is 2. The lowest BCUT2D eigenvalue weighted by molar-refractivity contribution is 0.0769. The molecule has 0 spiro atoms. The summed E-state index contributed by atoms with van der Waals surface area (Å²) in [7, 11) is -1.20. The van der Waals surface area contributed by atoms with E-state index in [-0.39, 0.29) is 23.8 Å². The largest absolute Gasteiger partial charge is 0.363 e. The molecular weight excluding hydrogens is 530 g/mol. The highest BCUT2D eigenvalue weighted by Gasteiger charge is 2.34. The highest BCUT2D eigenvalue weighted by Crippen LogP contribution is 2.46. The maximum Gasteiger partial charge on any atom is 0.266 e. The predicted molar refractivity (Wildman–Crippen MR) is 142 cm³/mol. The Kier molecular flexibility index (Phi) is 7.15. The summed E-state index contributed by atoms with van der Waals surface area (Å²) in [6, 6.07) is 4.87. The molecule has 1 saturated heterocycles. The van der Waals surface area contributed by atoms with Crippen LogP contribution in [0, 0.1) is 12.7 Å². The third kappa shape index (κ3) is 5.25. The molecule has 4 heterocycles. The van der Waals surface area contributed by atoms with Crippen molar-refractivity contribution in [1.29, 1.82) is 0 Å². The molecule has 4 aromatic rings. The first-order valence-corrected chi connectivity index (χ1v) is 14.5. The molecule has 0 radical (unpaired) electrons. The second-order valence-corrected chi connectivity index (χ2v) is 12.8. The van der Waals surface area contributed by atoms with Gasteiger partial charge in [-0.05, 0) is 19.9 Å². The number of aryl methyl sites for hydroxylation is 2. The average Bonchev–Trinajstić information content (AvgIpc) is 3.34. The number of aromatic nitrogens is 5. The maximum atomic E-state index is 14.8. The Labute approximate surface area is 222 Å². The van der Waals surface area contributed by atoms with Gasteiger partial charge in [-0.15, -0.1) is 0 Å². The Morgan fingerprint density at radius 2 is 1.85 bits per heavy atom. The maximum absolute atomic E-state index is 14.8. The zero-order chi connectivity index (χ0) is 27.9. The topological polar surface area (TPSA) is 106 Å². The molecule has 39 heavy (non-hydrogen) atoms. The number of rotatable bonds is 6. The number of halogens is 3. The minimum atomic E-state index is -2.94. The number of nitrogens with zero attached hydrogens (tertiary/aromatic N) is 6. The van der Waals surface area contributed by atoms with Gasteiger partial charge in [0.1, 0.15) is 30.0 Å². The van der Waals surface area contributed by atoms with Crippen LogP contribution in [0.4, 0.5) is 19.0 Å². The molecule has 1 aliphatic heterocycles. The standard InChI is InChI=1S/C26H27F3N7O2P/c1-15(18-5-4-6-19(23(18)27)24(28)29)32-25-20-11-22(30-13-21(20)33-16(2)34-25)39(38)9-7-36(8-10-39)26(37)17-12-31-35(3)14-17/h4-6,11-15,24H,7-10H2,1-3H3,(H,32,33,34)/t15-/m1/s1. The molecule has 13 heteroatoms. The summed E-state index contributed by atoms with van der Waals surface area (Å²) in [6.45, 7) is 3.97. The Hall–Kier alpha value is -3.79. The lowest BCUT2D eigenvalue weighted by Crippen LogP contribution is -2.41. The Morgan fingerprint density at radius 1 is 1.13 bits per heavy atom. The van der Waals surface area contributed by atoms with Crippen LogP contribution in [-0.2, 0) is 11.6 Å². The fourth-order valence-corrected chi connectivity index (χ4v) is 7.20. The van der Waals surface area contributed by atoms with Crippen LogP contribution < -0.4 is 10.8 Å². The second-order valence-electron chi connectivity index (χ2n) is 9.63. The number of carbonyl (C=O) groups is 1. The van der Waals surface area contributed by atoms with Crippen LogP contribution in [0.25, 0.3) is 10.9 Å². The Balaban J connectivity index is 1.41. The van der Waals surface area contributed by atoms with Gasteiger partial charge >= 0.3 is 0 Å². The third-order valence-electron chi connectivity index (χ3n) is 6.91. The van der Waals surface area contributed by atoms with E-state index in [4.69, 9.17) is 0 Å². The summed E-state index contributed by atoms with van der Waals surface area (Å²) in [6.07, 6.45) is 2.30. The number of fused-ring (bicyclic) bond motifs is 1. The monoisotopic (exact) mass is 557 g/mol. The minimum absolute atomic E-state index is 0.0740. The van der Waals surface area contributed by atoms with E-state index in [9.17, 15) is 22.5 Å². The number of hydrogen-bond donors (Lipinski definition) is 1. The number of amides is 1. The Morgan fingerprint density at radius 3 is 2.51 bits per heavy atom. The van der Waals surface area contributed by atoms with E-state index in [0.717, 1.165) is 6.07 Å². The van der Waals surface area contributed by atoms with Crippen molar-refractivity contribution in [3.8, 4) is 0 Å². The van der Waals surface area contributed by atoms with Crippen molar-refractivity contribution in [3.63, 3.8) is 0 Å². The molecule has 0 unspecified atom stereocenters. The van der Waals surface area contributed by atoms with Gasteiger partial charge in [-0.1, -0.05) is 18.2 Å². The van der Waals surface area contributed by atoms with Gasteiger partial charge in [0.15, 0.2) is 0 Å². The number of benzene rings is 1. The number of anilines is 1. The van der Waals surface area contributed by atoms with Crippen molar-refractivity contribution in [3.05, 3.63) is 71.2 Å². The lowest BCUT2D eigenvalue weighted by atomic mass is 10.0. The average molecular weight is 558 g/mol. The minimum Gasteiger partial charge on any atom is -0.363 e. The van der Waals surface area contributed by atoms with Crippen LogP contribution in [-0.4, -0.2) is 61.0 Å². The van der Waals surface area contributed by atoms with E-state index >= 15 is 0 Å². The summed E-state index contributed by atoms with van der Waals surface area (Å²) in [5, 5.41) is 7.69. The van der Waals surface area contributed by atoms with Crippen molar-refractivity contribution >= 4 is 35.2 Å². The van der Waals surface area contributed by atoms with E-state index in [1.165, 1.54) is 24.5 Å². The number of hydrogen-bond acceptors (Lipinski definition) is 7. The molecule has 1 aliphatic rings. The molecule has 1 fully saturated rings.